The fraction of sp³-hybridized carbons (Fsp3) is 0.0385. The average Bonchev–Trinajstić information content (AvgIpc) is 2.86. The molecule has 0 aliphatic rings. The van der Waals surface area contributed by atoms with Crippen molar-refractivity contribution in [2.75, 3.05) is 11.1 Å². The Morgan fingerprint density at radius 1 is 1.00 bits per heavy atom. The number of rotatable bonds is 5. The Morgan fingerprint density at radius 2 is 1.75 bits per heavy atom. The minimum atomic E-state index is -0.674. The fourth-order valence-electron chi connectivity index (χ4n) is 3.79. The molecule has 0 atom stereocenters. The Balaban J connectivity index is 1.52. The smallest absolute Gasteiger partial charge is 0.200 e. The van der Waals surface area contributed by atoms with Crippen molar-refractivity contribution in [3.8, 4) is 22.6 Å². The van der Waals surface area contributed by atoms with Crippen molar-refractivity contribution in [2.45, 2.75) is 0 Å². The highest BCUT2D eigenvalue weighted by molar-refractivity contribution is 6.34. The molecule has 5 aromatic rings. The summed E-state index contributed by atoms with van der Waals surface area (Å²) >= 11 is 6.08. The highest BCUT2D eigenvalue weighted by Crippen LogP contribution is 2.34. The molecule has 5 rings (SSSR count). The van der Waals surface area contributed by atoms with Crippen molar-refractivity contribution in [3.05, 3.63) is 100 Å². The zero-order valence-corrected chi connectivity index (χ0v) is 19.6. The van der Waals surface area contributed by atoms with E-state index in [-0.39, 0.29) is 33.6 Å². The molecule has 36 heavy (non-hydrogen) atoms. The third-order valence-corrected chi connectivity index (χ3v) is 5.93. The number of ether oxygens (including phenoxy) is 1. The molecule has 180 valence electrons. The lowest BCUT2D eigenvalue weighted by Crippen LogP contribution is -2.13. The van der Waals surface area contributed by atoms with Crippen molar-refractivity contribution in [1.82, 2.24) is 14.5 Å². The van der Waals surface area contributed by atoms with Crippen LogP contribution in [0.25, 0.3) is 22.0 Å². The standard InChI is InChI=1S/C26H18ClF2N5O2/c1-34-13-17(14-2-4-15(28)5-3-14)24(35)22-19(34)8-10-32-26(22)33-16-6-7-20(18(29)12-16)36-21-9-11-31-25(30)23(21)27/h2-13H,1H3,(H2,30,31)(H,32,33). The summed E-state index contributed by atoms with van der Waals surface area (Å²) in [4.78, 5) is 21.6. The molecule has 0 bridgehead atoms. The van der Waals surface area contributed by atoms with Crippen LogP contribution in [0.4, 0.5) is 26.1 Å². The van der Waals surface area contributed by atoms with Gasteiger partial charge in [-0.3, -0.25) is 4.79 Å². The van der Waals surface area contributed by atoms with E-state index in [1.165, 1.54) is 48.7 Å². The maximum absolute atomic E-state index is 14.9. The number of nitrogens with one attached hydrogen (secondary N) is 1. The summed E-state index contributed by atoms with van der Waals surface area (Å²) in [6, 6.07) is 13.0. The van der Waals surface area contributed by atoms with Crippen LogP contribution in [0.5, 0.6) is 11.5 Å². The molecule has 2 aromatic carbocycles. The van der Waals surface area contributed by atoms with Gasteiger partial charge in [-0.05, 0) is 35.9 Å². The first-order valence-corrected chi connectivity index (χ1v) is 11.1. The summed E-state index contributed by atoms with van der Waals surface area (Å²) in [6.45, 7) is 0. The van der Waals surface area contributed by atoms with E-state index in [4.69, 9.17) is 22.1 Å². The molecule has 3 aromatic heterocycles. The van der Waals surface area contributed by atoms with Crippen molar-refractivity contribution >= 4 is 39.8 Å². The Bertz CT molecular complexity index is 1670. The molecule has 10 heteroatoms. The van der Waals surface area contributed by atoms with Crippen LogP contribution in [0.1, 0.15) is 0 Å². The number of aromatic nitrogens is 3. The number of hydrogen-bond acceptors (Lipinski definition) is 6. The van der Waals surface area contributed by atoms with Crippen molar-refractivity contribution < 1.29 is 13.5 Å². The second-order valence-corrected chi connectivity index (χ2v) is 8.30. The lowest BCUT2D eigenvalue weighted by Gasteiger charge is -2.14. The number of nitrogens with zero attached hydrogens (tertiary/aromatic N) is 3. The fourth-order valence-corrected chi connectivity index (χ4v) is 3.94. The molecule has 3 heterocycles. The van der Waals surface area contributed by atoms with Crippen molar-refractivity contribution in [3.63, 3.8) is 0 Å². The number of anilines is 3. The van der Waals surface area contributed by atoms with Crippen LogP contribution in [0.15, 0.2) is 78.0 Å². The molecule has 0 radical (unpaired) electrons. The van der Waals surface area contributed by atoms with Crippen LogP contribution in [0.2, 0.25) is 5.02 Å². The summed E-state index contributed by atoms with van der Waals surface area (Å²) < 4.78 is 35.6. The summed E-state index contributed by atoms with van der Waals surface area (Å²) in [5.41, 5.74) is 7.28. The van der Waals surface area contributed by atoms with E-state index in [9.17, 15) is 13.6 Å². The van der Waals surface area contributed by atoms with E-state index in [2.05, 4.69) is 15.3 Å². The van der Waals surface area contributed by atoms with Gasteiger partial charge in [0.15, 0.2) is 17.3 Å². The third kappa shape index (κ3) is 4.32. The first kappa shape index (κ1) is 23.3. The van der Waals surface area contributed by atoms with E-state index in [0.717, 1.165) is 0 Å². The summed E-state index contributed by atoms with van der Waals surface area (Å²) in [5.74, 6) is -0.674. The van der Waals surface area contributed by atoms with Gasteiger partial charge in [-0.2, -0.15) is 0 Å². The number of aryl methyl sites for hydroxylation is 1. The van der Waals surface area contributed by atoms with Gasteiger partial charge >= 0.3 is 0 Å². The minimum absolute atomic E-state index is 0.0662. The predicted molar refractivity (Wildman–Crippen MR) is 136 cm³/mol. The van der Waals surface area contributed by atoms with Crippen molar-refractivity contribution in [1.29, 1.82) is 0 Å². The first-order valence-electron chi connectivity index (χ1n) is 10.7. The van der Waals surface area contributed by atoms with E-state index in [0.29, 0.717) is 27.7 Å². The second-order valence-electron chi connectivity index (χ2n) is 7.92. The SMILES string of the molecule is Cn1cc(-c2ccc(F)cc2)c(=O)c2c(Nc3ccc(Oc4ccnc(N)c4Cl)c(F)c3)nccc21. The molecular formula is C26H18ClF2N5O2. The Morgan fingerprint density at radius 3 is 2.50 bits per heavy atom. The zero-order valence-electron chi connectivity index (χ0n) is 18.8. The maximum atomic E-state index is 14.9. The molecule has 0 saturated heterocycles. The number of benzene rings is 2. The number of hydrogen-bond donors (Lipinski definition) is 2. The largest absolute Gasteiger partial charge is 0.453 e. The first-order chi connectivity index (χ1) is 17.3. The van der Waals surface area contributed by atoms with Crippen LogP contribution in [-0.2, 0) is 7.05 Å². The number of halogens is 3. The number of nitrogen functional groups attached to an aromatic ring is 1. The van der Waals surface area contributed by atoms with E-state index >= 15 is 0 Å². The molecule has 3 N–H and O–H groups in total. The van der Waals surface area contributed by atoms with Crippen LogP contribution < -0.4 is 21.2 Å². The normalized spacial score (nSPS) is 11.0. The monoisotopic (exact) mass is 505 g/mol. The molecule has 0 aliphatic carbocycles. The number of pyridine rings is 3. The molecule has 0 fully saturated rings. The molecule has 0 spiro atoms. The van der Waals surface area contributed by atoms with Gasteiger partial charge in [0.1, 0.15) is 22.5 Å². The molecule has 7 nitrogen and oxygen atoms in total. The average molecular weight is 506 g/mol. The second kappa shape index (κ2) is 9.27. The topological polar surface area (TPSA) is 95.1 Å². The van der Waals surface area contributed by atoms with Gasteiger partial charge in [0.05, 0.1) is 10.9 Å². The van der Waals surface area contributed by atoms with Crippen LogP contribution in [0, 0.1) is 11.6 Å². The summed E-state index contributed by atoms with van der Waals surface area (Å²) in [6.07, 6.45) is 4.63. The zero-order chi connectivity index (χ0) is 25.4. The quantitative estimate of drug-likeness (QED) is 0.302. The molecular weight excluding hydrogens is 488 g/mol. The molecule has 0 aliphatic heterocycles. The van der Waals surface area contributed by atoms with E-state index < -0.39 is 11.6 Å². The van der Waals surface area contributed by atoms with Crippen LogP contribution in [-0.4, -0.2) is 14.5 Å². The summed E-state index contributed by atoms with van der Waals surface area (Å²) in [7, 11) is 1.79. The van der Waals surface area contributed by atoms with Crippen LogP contribution >= 0.6 is 11.6 Å². The van der Waals surface area contributed by atoms with Gasteiger partial charge < -0.3 is 20.4 Å². The Labute approximate surface area is 208 Å². The Kier molecular flexibility index (Phi) is 5.99. The lowest BCUT2D eigenvalue weighted by molar-refractivity contribution is 0.442. The highest BCUT2D eigenvalue weighted by Gasteiger charge is 2.16. The van der Waals surface area contributed by atoms with Crippen molar-refractivity contribution in [2.24, 2.45) is 7.05 Å². The maximum Gasteiger partial charge on any atom is 0.200 e. The van der Waals surface area contributed by atoms with E-state index in [1.807, 2.05) is 0 Å². The number of fused-ring (bicyclic) bond motifs is 1. The van der Waals surface area contributed by atoms with Gasteiger partial charge in [-0.1, -0.05) is 23.7 Å². The van der Waals surface area contributed by atoms with E-state index in [1.54, 1.807) is 36.1 Å². The molecule has 0 unspecified atom stereocenters. The minimum Gasteiger partial charge on any atom is -0.453 e. The lowest BCUT2D eigenvalue weighted by atomic mass is 10.0. The van der Waals surface area contributed by atoms with Gasteiger partial charge in [0, 0.05) is 49.0 Å². The van der Waals surface area contributed by atoms with Crippen LogP contribution in [0.3, 0.4) is 0 Å². The predicted octanol–water partition coefficient (Wildman–Crippen LogP) is 6.05. The van der Waals surface area contributed by atoms with Gasteiger partial charge in [0.25, 0.3) is 0 Å². The molecule has 0 saturated carbocycles. The summed E-state index contributed by atoms with van der Waals surface area (Å²) in [5, 5.41) is 3.40. The Hall–Kier alpha value is -4.50. The van der Waals surface area contributed by atoms with Gasteiger partial charge in [-0.15, -0.1) is 0 Å². The highest BCUT2D eigenvalue weighted by atomic mass is 35.5. The number of nitrogens with two attached hydrogens (primary N) is 1. The third-order valence-electron chi connectivity index (χ3n) is 5.55. The van der Waals surface area contributed by atoms with Gasteiger partial charge in [0.2, 0.25) is 5.43 Å². The van der Waals surface area contributed by atoms with Gasteiger partial charge in [-0.25, -0.2) is 18.7 Å². The molecule has 0 amide bonds.